The molecule has 0 aromatic heterocycles. The van der Waals surface area contributed by atoms with Crippen LogP contribution in [0.3, 0.4) is 0 Å². The van der Waals surface area contributed by atoms with Gasteiger partial charge in [-0.2, -0.15) is 0 Å². The van der Waals surface area contributed by atoms with Crippen molar-refractivity contribution in [2.75, 3.05) is 0 Å². The lowest BCUT2D eigenvalue weighted by Gasteiger charge is -2.06. The first-order chi connectivity index (χ1) is 6.04. The molecular weight excluding hydrogens is 230 g/mol. The van der Waals surface area contributed by atoms with E-state index in [9.17, 15) is 4.79 Å². The molecule has 0 spiro atoms. The van der Waals surface area contributed by atoms with Crippen LogP contribution in [0.15, 0.2) is 18.2 Å². The summed E-state index contributed by atoms with van der Waals surface area (Å²) in [4.78, 5) is 11.5. The summed E-state index contributed by atoms with van der Waals surface area (Å²) in [6, 6.07) is 4.90. The van der Waals surface area contributed by atoms with Crippen LogP contribution in [0, 0.1) is 0 Å². The molecule has 0 aliphatic carbocycles. The fourth-order valence-electron chi connectivity index (χ4n) is 0.932. The molecule has 0 saturated heterocycles. The number of alkyl halides is 1. The highest BCUT2D eigenvalue weighted by atomic mass is 35.5. The van der Waals surface area contributed by atoms with E-state index in [1.165, 1.54) is 0 Å². The number of hydrogen-bond donors (Lipinski definition) is 0. The maximum atomic E-state index is 11.5. The van der Waals surface area contributed by atoms with E-state index in [-0.39, 0.29) is 5.78 Å². The molecule has 0 fully saturated rings. The Morgan fingerprint density at radius 1 is 1.31 bits per heavy atom. The van der Waals surface area contributed by atoms with Gasteiger partial charge in [0.05, 0.1) is 21.0 Å². The maximum absolute atomic E-state index is 11.5. The van der Waals surface area contributed by atoms with Crippen LogP contribution in [0.4, 0.5) is 0 Å². The second-order valence-electron chi connectivity index (χ2n) is 2.58. The van der Waals surface area contributed by atoms with Crippen LogP contribution in [-0.2, 0) is 0 Å². The van der Waals surface area contributed by atoms with E-state index in [0.717, 1.165) is 0 Å². The molecule has 13 heavy (non-hydrogen) atoms. The molecule has 70 valence electrons. The second-order valence-corrected chi connectivity index (χ2v) is 4.05. The van der Waals surface area contributed by atoms with Crippen LogP contribution in [0.1, 0.15) is 17.3 Å². The monoisotopic (exact) mass is 236 g/mol. The fourth-order valence-corrected chi connectivity index (χ4v) is 1.62. The average molecular weight is 238 g/mol. The summed E-state index contributed by atoms with van der Waals surface area (Å²) < 4.78 is 0. The zero-order valence-corrected chi connectivity index (χ0v) is 9.12. The molecule has 0 N–H and O–H groups in total. The molecule has 1 rings (SSSR count). The molecule has 0 amide bonds. The van der Waals surface area contributed by atoms with Crippen molar-refractivity contribution in [1.29, 1.82) is 0 Å². The Labute approximate surface area is 91.6 Å². The van der Waals surface area contributed by atoms with E-state index < -0.39 is 5.38 Å². The molecule has 0 radical (unpaired) electrons. The Kier molecular flexibility index (Phi) is 3.60. The Morgan fingerprint density at radius 2 is 1.77 bits per heavy atom. The van der Waals surface area contributed by atoms with Crippen molar-refractivity contribution in [3.63, 3.8) is 0 Å². The first kappa shape index (κ1) is 10.8. The summed E-state index contributed by atoms with van der Waals surface area (Å²) >= 11 is 17.2. The van der Waals surface area contributed by atoms with Gasteiger partial charge in [-0.25, -0.2) is 0 Å². The molecule has 0 aliphatic heterocycles. The van der Waals surface area contributed by atoms with Crippen LogP contribution in [-0.4, -0.2) is 11.2 Å². The van der Waals surface area contributed by atoms with E-state index >= 15 is 0 Å². The van der Waals surface area contributed by atoms with Gasteiger partial charge in [-0.3, -0.25) is 4.79 Å². The zero-order valence-electron chi connectivity index (χ0n) is 6.85. The van der Waals surface area contributed by atoms with Crippen molar-refractivity contribution in [1.82, 2.24) is 0 Å². The summed E-state index contributed by atoms with van der Waals surface area (Å²) in [6.07, 6.45) is 0. The minimum Gasteiger partial charge on any atom is -0.292 e. The van der Waals surface area contributed by atoms with Gasteiger partial charge in [0, 0.05) is 0 Å². The van der Waals surface area contributed by atoms with Gasteiger partial charge >= 0.3 is 0 Å². The van der Waals surface area contributed by atoms with Crippen molar-refractivity contribution in [3.05, 3.63) is 33.8 Å². The predicted molar refractivity (Wildman–Crippen MR) is 56.1 cm³/mol. The van der Waals surface area contributed by atoms with Gasteiger partial charge in [0.15, 0.2) is 5.78 Å². The topological polar surface area (TPSA) is 17.1 Å². The van der Waals surface area contributed by atoms with Gasteiger partial charge in [-0.15, -0.1) is 11.6 Å². The zero-order chi connectivity index (χ0) is 10.0. The van der Waals surface area contributed by atoms with Crippen molar-refractivity contribution in [2.45, 2.75) is 12.3 Å². The normalized spacial score (nSPS) is 12.6. The minimum absolute atomic E-state index is 0.253. The summed E-state index contributed by atoms with van der Waals surface area (Å²) in [5.41, 5.74) is 0.299. The largest absolute Gasteiger partial charge is 0.292 e. The lowest BCUT2D eigenvalue weighted by atomic mass is 10.1. The molecular formula is C9H7Cl3O. The van der Waals surface area contributed by atoms with E-state index in [1.807, 2.05) is 0 Å². The maximum Gasteiger partial charge on any atom is 0.183 e. The Morgan fingerprint density at radius 3 is 2.15 bits per heavy atom. The smallest absolute Gasteiger partial charge is 0.183 e. The number of rotatable bonds is 2. The van der Waals surface area contributed by atoms with Crippen molar-refractivity contribution < 1.29 is 4.79 Å². The summed E-state index contributed by atoms with van der Waals surface area (Å²) in [5.74, 6) is -0.253. The summed E-state index contributed by atoms with van der Waals surface area (Å²) in [6.45, 7) is 1.59. The minimum atomic E-state index is -0.614. The predicted octanol–water partition coefficient (Wildman–Crippen LogP) is 3.80. The molecule has 1 nitrogen and oxygen atoms in total. The third kappa shape index (κ3) is 2.37. The lowest BCUT2D eigenvalue weighted by molar-refractivity contribution is 0.0992. The number of halogens is 3. The molecule has 1 aromatic carbocycles. The van der Waals surface area contributed by atoms with Gasteiger partial charge in [-0.05, 0) is 19.1 Å². The molecule has 0 aliphatic rings. The highest BCUT2D eigenvalue weighted by Gasteiger charge is 2.18. The number of ketones is 1. The molecule has 1 unspecified atom stereocenters. The van der Waals surface area contributed by atoms with Crippen LogP contribution in [0.5, 0.6) is 0 Å². The first-order valence-electron chi connectivity index (χ1n) is 3.66. The van der Waals surface area contributed by atoms with E-state index in [0.29, 0.717) is 15.6 Å². The Hall–Kier alpha value is -0.240. The van der Waals surface area contributed by atoms with E-state index in [1.54, 1.807) is 25.1 Å². The molecule has 1 atom stereocenters. The third-order valence-corrected chi connectivity index (χ3v) is 2.40. The van der Waals surface area contributed by atoms with Gasteiger partial charge in [0.25, 0.3) is 0 Å². The first-order valence-corrected chi connectivity index (χ1v) is 4.85. The third-order valence-electron chi connectivity index (χ3n) is 1.57. The highest BCUT2D eigenvalue weighted by molar-refractivity contribution is 6.43. The standard InChI is InChI=1S/C9H7Cl3O/c1-5(10)9(13)8-6(11)3-2-4-7(8)12/h2-5H,1H3. The Balaban J connectivity index is 3.20. The van der Waals surface area contributed by atoms with Crippen molar-refractivity contribution in [2.24, 2.45) is 0 Å². The average Bonchev–Trinajstić information content (AvgIpc) is 2.03. The number of benzene rings is 1. The quantitative estimate of drug-likeness (QED) is 0.565. The lowest BCUT2D eigenvalue weighted by Crippen LogP contribution is -2.11. The van der Waals surface area contributed by atoms with Crippen LogP contribution in [0.2, 0.25) is 10.0 Å². The number of carbonyl (C=O) groups is 1. The van der Waals surface area contributed by atoms with E-state index in [4.69, 9.17) is 34.8 Å². The number of carbonyl (C=O) groups excluding carboxylic acids is 1. The van der Waals surface area contributed by atoms with Gasteiger partial charge < -0.3 is 0 Å². The number of hydrogen-bond acceptors (Lipinski definition) is 1. The number of Topliss-reactive ketones (excluding diaryl/α,β-unsaturated/α-hetero) is 1. The van der Waals surface area contributed by atoms with Crippen LogP contribution < -0.4 is 0 Å². The van der Waals surface area contributed by atoms with Crippen LogP contribution >= 0.6 is 34.8 Å². The summed E-state index contributed by atoms with van der Waals surface area (Å²) in [7, 11) is 0. The van der Waals surface area contributed by atoms with Crippen molar-refractivity contribution >= 4 is 40.6 Å². The van der Waals surface area contributed by atoms with Gasteiger partial charge in [0.1, 0.15) is 0 Å². The summed E-state index contributed by atoms with van der Waals surface area (Å²) in [5, 5.41) is 0.0624. The van der Waals surface area contributed by atoms with Gasteiger partial charge in [-0.1, -0.05) is 29.3 Å². The molecule has 0 bridgehead atoms. The SMILES string of the molecule is CC(Cl)C(=O)c1c(Cl)cccc1Cl. The van der Waals surface area contributed by atoms with Crippen LogP contribution in [0.25, 0.3) is 0 Å². The molecule has 1 aromatic rings. The highest BCUT2D eigenvalue weighted by Crippen LogP contribution is 2.26. The molecule has 4 heteroatoms. The molecule has 0 saturated carbocycles. The molecule has 0 heterocycles. The second kappa shape index (κ2) is 4.32. The fraction of sp³-hybridized carbons (Fsp3) is 0.222. The van der Waals surface area contributed by atoms with Crippen molar-refractivity contribution in [3.8, 4) is 0 Å². The Bertz CT molecular complexity index is 313. The van der Waals surface area contributed by atoms with E-state index in [2.05, 4.69) is 0 Å². The van der Waals surface area contributed by atoms with Gasteiger partial charge in [0.2, 0.25) is 0 Å².